The number of nitrogens with one attached hydrogen (secondary N) is 1. The fourth-order valence-corrected chi connectivity index (χ4v) is 8.52. The first-order valence-corrected chi connectivity index (χ1v) is 18.9. The molecule has 1 aromatic rings. The third-order valence-corrected chi connectivity index (χ3v) is 11.5. The second kappa shape index (κ2) is 17.2. The Kier molecular flexibility index (Phi) is 13.9. The van der Waals surface area contributed by atoms with E-state index in [-0.39, 0.29) is 30.5 Å². The Morgan fingerprint density at radius 3 is 2.38 bits per heavy atom. The number of cyclic esters (lactones) is 1. The summed E-state index contributed by atoms with van der Waals surface area (Å²) in [7, 11) is 5.65. The van der Waals surface area contributed by atoms with Crippen molar-refractivity contribution in [1.82, 2.24) is 9.80 Å². The minimum absolute atomic E-state index is 0.142. The van der Waals surface area contributed by atoms with Crippen molar-refractivity contribution in [2.24, 2.45) is 17.8 Å². The highest BCUT2D eigenvalue weighted by atomic mass is 16.8. The molecule has 0 bridgehead atoms. The van der Waals surface area contributed by atoms with Crippen LogP contribution in [0, 0.1) is 24.7 Å². The second-order valence-electron chi connectivity index (χ2n) is 16.3. The third-order valence-electron chi connectivity index (χ3n) is 11.5. The van der Waals surface area contributed by atoms with E-state index in [1.807, 2.05) is 77.7 Å². The van der Waals surface area contributed by atoms with Gasteiger partial charge in [0, 0.05) is 30.2 Å². The van der Waals surface area contributed by atoms with Gasteiger partial charge in [-0.1, -0.05) is 39.0 Å². The van der Waals surface area contributed by atoms with Gasteiger partial charge in [-0.05, 0) is 99.5 Å². The van der Waals surface area contributed by atoms with Crippen LogP contribution in [-0.2, 0) is 33.2 Å². The number of hydrogen-bond donors (Lipinski definition) is 3. The van der Waals surface area contributed by atoms with Crippen molar-refractivity contribution in [2.45, 2.75) is 148 Å². The minimum Gasteiger partial charge on any atom is -0.458 e. The lowest BCUT2D eigenvalue weighted by Crippen LogP contribution is -2.59. The molecule has 3 aliphatic rings. The van der Waals surface area contributed by atoms with Crippen molar-refractivity contribution in [3.8, 4) is 0 Å². The maximum absolute atomic E-state index is 14.3. The van der Waals surface area contributed by atoms with E-state index < -0.39 is 78.1 Å². The highest BCUT2D eigenvalue weighted by Gasteiger charge is 2.58. The molecule has 0 saturated carbocycles. The smallest absolute Gasteiger partial charge is 0.458 e. The number of likely N-dealkylation sites (N-methyl/N-ethyl adjacent to an activating group) is 2. The molecule has 0 aromatic heterocycles. The third kappa shape index (κ3) is 9.63. The van der Waals surface area contributed by atoms with Crippen molar-refractivity contribution < 1.29 is 53.0 Å². The van der Waals surface area contributed by atoms with Gasteiger partial charge in [0.15, 0.2) is 18.0 Å². The van der Waals surface area contributed by atoms with Gasteiger partial charge >= 0.3 is 18.2 Å². The van der Waals surface area contributed by atoms with Gasteiger partial charge in [0.1, 0.15) is 18.3 Å². The van der Waals surface area contributed by atoms with Crippen LogP contribution in [0.5, 0.6) is 0 Å². The van der Waals surface area contributed by atoms with E-state index in [0.717, 1.165) is 5.56 Å². The molecule has 3 heterocycles. The first kappa shape index (κ1) is 42.7. The Labute approximate surface area is 314 Å². The molecule has 3 N–H and O–H groups in total. The maximum Gasteiger partial charge on any atom is 0.509 e. The van der Waals surface area contributed by atoms with E-state index in [4.69, 9.17) is 28.4 Å². The van der Waals surface area contributed by atoms with Gasteiger partial charge in [-0.3, -0.25) is 15.0 Å². The number of rotatable bonds is 6. The summed E-state index contributed by atoms with van der Waals surface area (Å²) in [5.41, 5.74) is -1.59. The van der Waals surface area contributed by atoms with Crippen LogP contribution in [0.25, 0.3) is 0 Å². The van der Waals surface area contributed by atoms with E-state index in [2.05, 4.69) is 5.32 Å². The van der Waals surface area contributed by atoms with Crippen LogP contribution in [0.15, 0.2) is 24.3 Å². The van der Waals surface area contributed by atoms with Crippen molar-refractivity contribution in [2.75, 3.05) is 33.0 Å². The van der Waals surface area contributed by atoms with Gasteiger partial charge in [-0.25, -0.2) is 9.59 Å². The average molecular weight is 750 g/mol. The number of carbonyl (C=O) groups is 3. The molecule has 4 rings (SSSR count). The summed E-state index contributed by atoms with van der Waals surface area (Å²) in [4.78, 5) is 44.5. The molecular weight excluding hydrogens is 686 g/mol. The molecule has 14 nitrogen and oxygen atoms in total. The maximum atomic E-state index is 14.3. The Balaban J connectivity index is 1.81. The number of nitrogens with zero attached hydrogens (tertiary/aromatic N) is 2. The Hall–Kier alpha value is -3.01. The fourth-order valence-electron chi connectivity index (χ4n) is 8.52. The number of carbonyl (C=O) groups excluding carboxylic acids is 3. The predicted octanol–water partition coefficient (Wildman–Crippen LogP) is 4.72. The monoisotopic (exact) mass is 749 g/mol. The molecule has 14 atom stereocenters. The summed E-state index contributed by atoms with van der Waals surface area (Å²) in [6.07, 6.45) is -7.07. The summed E-state index contributed by atoms with van der Waals surface area (Å²) >= 11 is 0. The number of aryl methyl sites for hydroxylation is 1. The lowest BCUT2D eigenvalue weighted by Gasteiger charge is -2.47. The highest BCUT2D eigenvalue weighted by Crippen LogP contribution is 2.40. The number of hydrogen-bond acceptors (Lipinski definition) is 13. The molecule has 300 valence electrons. The van der Waals surface area contributed by atoms with Gasteiger partial charge in [0.25, 0.3) is 0 Å². The van der Waals surface area contributed by atoms with Gasteiger partial charge in [0.2, 0.25) is 0 Å². The predicted molar refractivity (Wildman–Crippen MR) is 197 cm³/mol. The van der Waals surface area contributed by atoms with Gasteiger partial charge in [-0.15, -0.1) is 0 Å². The quantitative estimate of drug-likeness (QED) is 0.271. The molecule has 0 spiro atoms. The first-order chi connectivity index (χ1) is 24.7. The van der Waals surface area contributed by atoms with E-state index in [0.29, 0.717) is 25.1 Å². The summed E-state index contributed by atoms with van der Waals surface area (Å²) < 4.78 is 36.6. The van der Waals surface area contributed by atoms with E-state index in [1.165, 1.54) is 0 Å². The van der Waals surface area contributed by atoms with Crippen LogP contribution in [0.4, 0.5) is 15.3 Å². The number of aliphatic hydroxyl groups excluding tert-OH is 1. The summed E-state index contributed by atoms with van der Waals surface area (Å²) in [5.74, 6) is -2.81. The standard InChI is InChI=1S/C39H63N3O11/c1-13-29-39(9)33(52-37(46)53-39)26(7)42(12)20-21(2)19-38(8,47)32(51-35-30(43)28(41(10)11)18-23(4)48-35)24(5)31(25(6)34(44)49-29)50-36(45)40-27-17-15-14-16-22(27)3/h14-17,21,23-26,28-33,35,43,47H,13,18-20H2,1-12H3,(H,40,45)/t21-,23-,24+,25-,26-,28+,29-,30-,31+,32-,33-,35+,38-,39-/m1/s1. The Bertz CT molecular complexity index is 1430. The zero-order chi connectivity index (χ0) is 39.6. The summed E-state index contributed by atoms with van der Waals surface area (Å²) in [5, 5.41) is 26.8. The molecular formula is C39H63N3O11. The van der Waals surface area contributed by atoms with Crippen LogP contribution in [0.2, 0.25) is 0 Å². The number of amides is 1. The number of esters is 1. The molecule has 3 aliphatic heterocycles. The van der Waals surface area contributed by atoms with Crippen LogP contribution >= 0.6 is 0 Å². The number of para-hydroxylation sites is 1. The average Bonchev–Trinajstić information content (AvgIpc) is 3.39. The number of fused-ring (bicyclic) bond motifs is 1. The van der Waals surface area contributed by atoms with Gasteiger partial charge in [0.05, 0.1) is 23.7 Å². The zero-order valence-corrected chi connectivity index (χ0v) is 33.5. The Morgan fingerprint density at radius 1 is 1.09 bits per heavy atom. The van der Waals surface area contributed by atoms with Crippen LogP contribution in [0.3, 0.4) is 0 Å². The molecule has 53 heavy (non-hydrogen) atoms. The molecule has 14 heteroatoms. The van der Waals surface area contributed by atoms with Gasteiger partial charge < -0.3 is 43.5 Å². The zero-order valence-electron chi connectivity index (χ0n) is 33.5. The first-order valence-electron chi connectivity index (χ1n) is 18.9. The molecule has 0 aliphatic carbocycles. The molecule has 1 amide bonds. The molecule has 1 aromatic carbocycles. The summed E-state index contributed by atoms with van der Waals surface area (Å²) in [6.45, 7) is 16.7. The number of ether oxygens (including phenoxy) is 6. The number of benzene rings is 1. The van der Waals surface area contributed by atoms with Crippen molar-refractivity contribution in [3.05, 3.63) is 29.8 Å². The van der Waals surface area contributed by atoms with E-state index in [9.17, 15) is 24.6 Å². The molecule has 3 saturated heterocycles. The normalized spacial score (nSPS) is 40.6. The van der Waals surface area contributed by atoms with E-state index >= 15 is 0 Å². The van der Waals surface area contributed by atoms with E-state index in [1.54, 1.807) is 39.8 Å². The molecule has 3 fully saturated rings. The van der Waals surface area contributed by atoms with Crippen molar-refractivity contribution >= 4 is 23.9 Å². The number of aliphatic hydroxyl groups is 2. The lowest BCUT2D eigenvalue weighted by molar-refractivity contribution is -0.299. The van der Waals surface area contributed by atoms with Crippen molar-refractivity contribution in [3.63, 3.8) is 0 Å². The minimum atomic E-state index is -1.60. The second-order valence-corrected chi connectivity index (χ2v) is 16.3. The SMILES string of the molecule is CC[C@H]1OC(=O)[C@H](C)[C@@H](OC(=O)Nc2ccccc2C)[C@H](C)[C@@H](O[C@@H]2O[C@H](C)C[C@H](N(C)C)[C@H]2O)[C@](C)(O)C[C@@H](C)CN(C)[C@H](C)[C@H]2OC(=O)O[C@@]21C. The lowest BCUT2D eigenvalue weighted by atomic mass is 9.77. The van der Waals surface area contributed by atoms with Crippen LogP contribution < -0.4 is 5.32 Å². The highest BCUT2D eigenvalue weighted by molar-refractivity contribution is 5.86. The molecule has 0 unspecified atom stereocenters. The van der Waals surface area contributed by atoms with Crippen LogP contribution in [-0.4, -0.2) is 132 Å². The topological polar surface area (TPSA) is 166 Å². The fraction of sp³-hybridized carbons (Fsp3) is 0.769. The van der Waals surface area contributed by atoms with Gasteiger partial charge in [-0.2, -0.15) is 0 Å². The number of anilines is 1. The summed E-state index contributed by atoms with van der Waals surface area (Å²) in [6, 6.07) is 6.56. The molecule has 0 radical (unpaired) electrons. The van der Waals surface area contributed by atoms with Crippen molar-refractivity contribution in [1.29, 1.82) is 0 Å². The Morgan fingerprint density at radius 2 is 1.75 bits per heavy atom. The van der Waals surface area contributed by atoms with Crippen LogP contribution in [0.1, 0.15) is 80.2 Å². The largest absolute Gasteiger partial charge is 0.509 e.